The Morgan fingerprint density at radius 2 is 2.00 bits per heavy atom. The summed E-state index contributed by atoms with van der Waals surface area (Å²) in [5, 5.41) is 9.75. The Morgan fingerprint density at radius 1 is 1.34 bits per heavy atom. The fourth-order valence-electron chi connectivity index (χ4n) is 3.32. The van der Waals surface area contributed by atoms with Crippen molar-refractivity contribution >= 4 is 5.91 Å². The van der Waals surface area contributed by atoms with Crippen molar-refractivity contribution in [3.63, 3.8) is 0 Å². The normalized spacial score (nSPS) is 16.3. The van der Waals surface area contributed by atoms with Gasteiger partial charge in [0.15, 0.2) is 11.4 Å². The maximum absolute atomic E-state index is 14.6. The largest absolute Gasteiger partial charge is 0.433 e. The summed E-state index contributed by atoms with van der Waals surface area (Å²) in [6.07, 6.45) is -4.56. The fourth-order valence-corrected chi connectivity index (χ4v) is 3.32. The second-order valence-electron chi connectivity index (χ2n) is 7.56. The molecule has 9 heteroatoms. The molecule has 29 heavy (non-hydrogen) atoms. The average molecular weight is 409 g/mol. The Hall–Kier alpha value is -2.86. The minimum Gasteiger partial charge on any atom is -0.378 e. The molecule has 1 aromatic carbocycles. The van der Waals surface area contributed by atoms with Crippen LogP contribution < -0.4 is 5.73 Å². The van der Waals surface area contributed by atoms with Crippen molar-refractivity contribution in [1.82, 2.24) is 9.55 Å². The lowest BCUT2D eigenvalue weighted by atomic mass is 9.92. The summed E-state index contributed by atoms with van der Waals surface area (Å²) in [6, 6.07) is 2.52. The molecular formula is C20H19F4N3O2. The van der Waals surface area contributed by atoms with Gasteiger partial charge in [-0.3, -0.25) is 4.79 Å². The van der Waals surface area contributed by atoms with Gasteiger partial charge in [0, 0.05) is 12.1 Å². The molecule has 0 saturated heterocycles. The van der Waals surface area contributed by atoms with E-state index in [-0.39, 0.29) is 35.8 Å². The van der Waals surface area contributed by atoms with Crippen LogP contribution in [0.5, 0.6) is 0 Å². The first-order valence-electron chi connectivity index (χ1n) is 8.86. The third kappa shape index (κ3) is 3.98. The number of halogens is 4. The SMILES string of the molecule is CC1CCn2c(nc(C(N)=O)c2C(F)(F)F)-c2cc(C#CC(C)(C)O)c(F)cc21. The van der Waals surface area contributed by atoms with Crippen LogP contribution >= 0.6 is 0 Å². The zero-order chi connectivity index (χ0) is 21.7. The third-order valence-corrected chi connectivity index (χ3v) is 4.67. The molecular weight excluding hydrogens is 390 g/mol. The van der Waals surface area contributed by atoms with E-state index in [2.05, 4.69) is 16.8 Å². The van der Waals surface area contributed by atoms with Gasteiger partial charge < -0.3 is 15.4 Å². The van der Waals surface area contributed by atoms with Crippen molar-refractivity contribution in [2.75, 3.05) is 0 Å². The molecule has 2 aromatic rings. The van der Waals surface area contributed by atoms with Gasteiger partial charge in [0.2, 0.25) is 0 Å². The number of aliphatic hydroxyl groups is 1. The van der Waals surface area contributed by atoms with Crippen LogP contribution in [0.2, 0.25) is 0 Å². The van der Waals surface area contributed by atoms with E-state index >= 15 is 0 Å². The molecule has 3 N–H and O–H groups in total. The van der Waals surface area contributed by atoms with E-state index in [1.54, 1.807) is 6.92 Å². The summed E-state index contributed by atoms with van der Waals surface area (Å²) in [5.74, 6) is 2.68. The average Bonchev–Trinajstić information content (AvgIpc) is 2.92. The number of nitrogens with two attached hydrogens (primary N) is 1. The molecule has 0 radical (unpaired) electrons. The first-order chi connectivity index (χ1) is 13.3. The number of carbonyl (C=O) groups excluding carboxylic acids is 1. The van der Waals surface area contributed by atoms with Gasteiger partial charge in [0.1, 0.15) is 17.2 Å². The molecule has 2 heterocycles. The number of alkyl halides is 3. The van der Waals surface area contributed by atoms with Crippen molar-refractivity contribution in [2.24, 2.45) is 5.73 Å². The summed E-state index contributed by atoms with van der Waals surface area (Å²) in [5.41, 5.74) is 2.28. The Morgan fingerprint density at radius 3 is 2.55 bits per heavy atom. The first kappa shape index (κ1) is 20.9. The van der Waals surface area contributed by atoms with Crippen LogP contribution in [0.3, 0.4) is 0 Å². The predicted octanol–water partition coefficient (Wildman–Crippen LogP) is 3.44. The molecule has 1 amide bonds. The third-order valence-electron chi connectivity index (χ3n) is 4.67. The monoisotopic (exact) mass is 409 g/mol. The van der Waals surface area contributed by atoms with E-state index in [1.165, 1.54) is 26.0 Å². The first-order valence-corrected chi connectivity index (χ1v) is 8.86. The van der Waals surface area contributed by atoms with Gasteiger partial charge in [-0.2, -0.15) is 13.2 Å². The molecule has 0 spiro atoms. The van der Waals surface area contributed by atoms with Crippen molar-refractivity contribution in [1.29, 1.82) is 0 Å². The highest BCUT2D eigenvalue weighted by atomic mass is 19.4. The standard InChI is InChI=1S/C20H19F4N3O2/c1-10-5-7-27-16(20(22,23)24)15(17(25)28)26-18(27)13-8-11(4-6-19(2,3)29)14(21)9-12(10)13/h8-10,29H,5,7H2,1-3H3,(H2,25,28). The number of hydrogen-bond acceptors (Lipinski definition) is 3. The lowest BCUT2D eigenvalue weighted by Crippen LogP contribution is -2.21. The van der Waals surface area contributed by atoms with Crippen LogP contribution in [0.25, 0.3) is 11.4 Å². The van der Waals surface area contributed by atoms with Crippen LogP contribution in [-0.4, -0.2) is 26.2 Å². The summed E-state index contributed by atoms with van der Waals surface area (Å²) in [4.78, 5) is 15.5. The molecule has 1 atom stereocenters. The van der Waals surface area contributed by atoms with Crippen molar-refractivity contribution in [3.05, 3.63) is 40.5 Å². The van der Waals surface area contributed by atoms with Crippen LogP contribution in [0.1, 0.15) is 60.4 Å². The topological polar surface area (TPSA) is 81.1 Å². The summed E-state index contributed by atoms with van der Waals surface area (Å²) in [6.45, 7) is 4.55. The van der Waals surface area contributed by atoms with Gasteiger partial charge in [-0.15, -0.1) is 0 Å². The summed E-state index contributed by atoms with van der Waals surface area (Å²) >= 11 is 0. The molecule has 0 saturated carbocycles. The number of aromatic nitrogens is 2. The van der Waals surface area contributed by atoms with Crippen LogP contribution in [-0.2, 0) is 12.7 Å². The van der Waals surface area contributed by atoms with E-state index in [9.17, 15) is 27.5 Å². The minimum atomic E-state index is -4.84. The zero-order valence-electron chi connectivity index (χ0n) is 16.0. The summed E-state index contributed by atoms with van der Waals surface area (Å²) < 4.78 is 56.4. The molecule has 0 fully saturated rings. The fraction of sp³-hybridized carbons (Fsp3) is 0.400. The number of hydrogen-bond donors (Lipinski definition) is 2. The van der Waals surface area contributed by atoms with Gasteiger partial charge in [-0.05, 0) is 43.9 Å². The molecule has 1 aliphatic rings. The maximum atomic E-state index is 14.6. The Labute approximate surface area is 164 Å². The lowest BCUT2D eigenvalue weighted by molar-refractivity contribution is -0.143. The van der Waals surface area contributed by atoms with Crippen molar-refractivity contribution < 1.29 is 27.5 Å². The summed E-state index contributed by atoms with van der Waals surface area (Å²) in [7, 11) is 0. The highest BCUT2D eigenvalue weighted by Gasteiger charge is 2.42. The van der Waals surface area contributed by atoms with Crippen LogP contribution in [0.15, 0.2) is 12.1 Å². The molecule has 154 valence electrons. The van der Waals surface area contributed by atoms with Gasteiger partial charge in [-0.1, -0.05) is 18.8 Å². The van der Waals surface area contributed by atoms with E-state index in [4.69, 9.17) is 5.73 Å². The second-order valence-corrected chi connectivity index (χ2v) is 7.56. The lowest BCUT2D eigenvalue weighted by Gasteiger charge is -2.13. The molecule has 1 aromatic heterocycles. The van der Waals surface area contributed by atoms with Crippen molar-refractivity contribution in [2.45, 2.75) is 51.4 Å². The number of nitrogens with zero attached hydrogens (tertiary/aromatic N) is 2. The number of fused-ring (bicyclic) bond motifs is 3. The van der Waals surface area contributed by atoms with E-state index < -0.39 is 34.9 Å². The van der Waals surface area contributed by atoms with E-state index in [0.29, 0.717) is 5.56 Å². The van der Waals surface area contributed by atoms with Gasteiger partial charge in [0.25, 0.3) is 5.91 Å². The highest BCUT2D eigenvalue weighted by molar-refractivity contribution is 5.93. The Kier molecular flexibility index (Phi) is 4.95. The predicted molar refractivity (Wildman–Crippen MR) is 97.3 cm³/mol. The molecule has 5 nitrogen and oxygen atoms in total. The van der Waals surface area contributed by atoms with Crippen LogP contribution in [0.4, 0.5) is 17.6 Å². The van der Waals surface area contributed by atoms with Gasteiger partial charge >= 0.3 is 6.18 Å². The molecule has 0 aliphatic carbocycles. The number of benzene rings is 1. The molecule has 0 bridgehead atoms. The smallest absolute Gasteiger partial charge is 0.378 e. The zero-order valence-corrected chi connectivity index (χ0v) is 16.0. The maximum Gasteiger partial charge on any atom is 0.433 e. The second kappa shape index (κ2) is 6.88. The molecule has 1 unspecified atom stereocenters. The van der Waals surface area contributed by atoms with Gasteiger partial charge in [0.05, 0.1) is 5.56 Å². The number of rotatable bonds is 1. The number of carbonyl (C=O) groups is 1. The Balaban J connectivity index is 2.33. The highest BCUT2D eigenvalue weighted by Crippen LogP contribution is 2.41. The quantitative estimate of drug-likeness (QED) is 0.559. The number of primary amides is 1. The van der Waals surface area contributed by atoms with E-state index in [0.717, 1.165) is 4.57 Å². The van der Waals surface area contributed by atoms with Crippen molar-refractivity contribution in [3.8, 4) is 23.2 Å². The molecule has 3 rings (SSSR count). The molecule has 1 aliphatic heterocycles. The number of amides is 1. The number of imidazole rings is 1. The van der Waals surface area contributed by atoms with Crippen LogP contribution in [0, 0.1) is 17.7 Å². The van der Waals surface area contributed by atoms with Gasteiger partial charge in [-0.25, -0.2) is 9.37 Å². The van der Waals surface area contributed by atoms with E-state index in [1.807, 2.05) is 0 Å². The minimum absolute atomic E-state index is 0.0629. The Bertz CT molecular complexity index is 1050.